The van der Waals surface area contributed by atoms with Crippen LogP contribution in [0.15, 0.2) is 34.8 Å². The Morgan fingerprint density at radius 3 is 2.80 bits per heavy atom. The summed E-state index contributed by atoms with van der Waals surface area (Å²) in [7, 11) is 0. The van der Waals surface area contributed by atoms with Gasteiger partial charge in [-0.2, -0.15) is 0 Å². The highest BCUT2D eigenvalue weighted by atomic mass is 16.6. The summed E-state index contributed by atoms with van der Waals surface area (Å²) >= 11 is 0. The second kappa shape index (κ2) is 3.48. The first-order valence-electron chi connectivity index (χ1n) is 4.25. The van der Waals surface area contributed by atoms with Gasteiger partial charge in [-0.3, -0.25) is 10.1 Å². The Labute approximate surface area is 84.2 Å². The molecule has 0 spiro atoms. The zero-order valence-corrected chi connectivity index (χ0v) is 7.58. The first kappa shape index (κ1) is 9.30. The summed E-state index contributed by atoms with van der Waals surface area (Å²) in [5.74, 6) is 1.55. The third-order valence-electron chi connectivity index (χ3n) is 2.10. The third-order valence-corrected chi connectivity index (χ3v) is 2.10. The summed E-state index contributed by atoms with van der Waals surface area (Å²) in [4.78, 5) is 24.4. The Morgan fingerprint density at radius 2 is 2.13 bits per heavy atom. The number of nitrogens with zero attached hydrogens (tertiary/aromatic N) is 2. The van der Waals surface area contributed by atoms with E-state index in [1.165, 1.54) is 6.08 Å². The normalized spacial score (nSPS) is 18.1. The van der Waals surface area contributed by atoms with Crippen LogP contribution in [0.3, 0.4) is 0 Å². The zero-order valence-electron chi connectivity index (χ0n) is 7.58. The Bertz CT molecular complexity index is 585. The number of para-hydroxylation sites is 1. The molecular formula is C10H6N2O3. The van der Waals surface area contributed by atoms with Crippen LogP contribution < -0.4 is 10.6 Å². The predicted molar refractivity (Wildman–Crippen MR) is 51.7 cm³/mol. The van der Waals surface area contributed by atoms with Crippen LogP contribution in [-0.4, -0.2) is 17.0 Å². The van der Waals surface area contributed by atoms with Crippen molar-refractivity contribution in [2.75, 3.05) is 0 Å². The summed E-state index contributed by atoms with van der Waals surface area (Å²) in [6, 6.07) is 6.93. The van der Waals surface area contributed by atoms with E-state index < -0.39 is 11.1 Å². The van der Waals surface area contributed by atoms with Crippen LogP contribution in [0.2, 0.25) is 0 Å². The number of nitro groups is 1. The largest absolute Gasteiger partial charge is 0.340 e. The molecule has 5 nitrogen and oxygen atoms in total. The van der Waals surface area contributed by atoms with Gasteiger partial charge in [0.25, 0.3) is 0 Å². The van der Waals surface area contributed by atoms with Crippen molar-refractivity contribution in [3.8, 4) is 0 Å². The van der Waals surface area contributed by atoms with Crippen molar-refractivity contribution in [2.45, 2.75) is 6.17 Å². The van der Waals surface area contributed by atoms with Crippen molar-refractivity contribution in [1.82, 2.24) is 0 Å². The molecule has 1 atom stereocenters. The van der Waals surface area contributed by atoms with Crippen LogP contribution in [-0.2, 0) is 4.79 Å². The molecule has 1 aliphatic heterocycles. The lowest BCUT2D eigenvalue weighted by Crippen LogP contribution is -2.35. The molecule has 0 radical (unpaired) electrons. The van der Waals surface area contributed by atoms with Crippen LogP contribution in [0.4, 0.5) is 0 Å². The maximum Gasteiger partial charge on any atom is 0.340 e. The molecule has 0 N–H and O–H groups in total. The molecular weight excluding hydrogens is 196 g/mol. The molecule has 0 saturated carbocycles. The molecule has 1 aliphatic rings. The molecule has 1 unspecified atom stereocenters. The molecule has 0 aromatic heterocycles. The van der Waals surface area contributed by atoms with E-state index in [1.807, 2.05) is 0 Å². The molecule has 1 aromatic carbocycles. The van der Waals surface area contributed by atoms with Gasteiger partial charge in [0.05, 0.1) is 10.3 Å². The second-order valence-corrected chi connectivity index (χ2v) is 3.05. The van der Waals surface area contributed by atoms with E-state index in [2.05, 4.69) is 4.99 Å². The molecule has 2 rings (SSSR count). The van der Waals surface area contributed by atoms with Crippen molar-refractivity contribution >= 4 is 12.0 Å². The van der Waals surface area contributed by atoms with Crippen LogP contribution >= 0.6 is 0 Å². The maximum absolute atomic E-state index is 10.6. The fraction of sp³-hybridized carbons (Fsp3) is 0.100. The molecule has 1 heterocycles. The van der Waals surface area contributed by atoms with Gasteiger partial charge in [0, 0.05) is 5.22 Å². The van der Waals surface area contributed by atoms with Crippen molar-refractivity contribution in [3.05, 3.63) is 50.5 Å². The quantitative estimate of drug-likeness (QED) is 0.349. The third kappa shape index (κ3) is 1.56. The number of carbonyl (C=O) groups excluding carboxylic acids is 1. The minimum atomic E-state index is -1.32. The topological polar surface area (TPSA) is 72.6 Å². The first-order valence-corrected chi connectivity index (χ1v) is 4.25. The molecule has 5 heteroatoms. The van der Waals surface area contributed by atoms with Gasteiger partial charge < -0.3 is 0 Å². The summed E-state index contributed by atoms with van der Waals surface area (Å²) in [5, 5.41) is 11.9. The van der Waals surface area contributed by atoms with E-state index >= 15 is 0 Å². The van der Waals surface area contributed by atoms with Gasteiger partial charge in [-0.25, -0.2) is 9.79 Å². The smallest absolute Gasteiger partial charge is 0.262 e. The summed E-state index contributed by atoms with van der Waals surface area (Å²) in [5.41, 5.74) is -0.0429. The Balaban J connectivity index is 2.74. The first-order chi connectivity index (χ1) is 7.22. The van der Waals surface area contributed by atoms with Gasteiger partial charge >= 0.3 is 6.17 Å². The van der Waals surface area contributed by atoms with Gasteiger partial charge in [0.1, 0.15) is 11.5 Å². The number of hydrogen-bond acceptors (Lipinski definition) is 4. The summed E-state index contributed by atoms with van der Waals surface area (Å²) < 4.78 is 0. The maximum atomic E-state index is 10.6. The molecule has 0 bridgehead atoms. The standard InChI is InChI=1S/C10H6N2O3/c13-6-8-5-7-3-1-2-4-9(7)11-10(8)12(14)15/h1-5,10H. The van der Waals surface area contributed by atoms with E-state index in [1.54, 1.807) is 30.2 Å². The molecule has 0 amide bonds. The molecule has 15 heavy (non-hydrogen) atoms. The van der Waals surface area contributed by atoms with Crippen molar-refractivity contribution in [1.29, 1.82) is 0 Å². The Morgan fingerprint density at radius 1 is 1.40 bits per heavy atom. The highest BCUT2D eigenvalue weighted by Gasteiger charge is 2.25. The summed E-state index contributed by atoms with van der Waals surface area (Å²) in [6.07, 6.45) is 0.125. The monoisotopic (exact) mass is 202 g/mol. The number of hydrogen-bond donors (Lipinski definition) is 0. The number of rotatable bonds is 1. The molecule has 74 valence electrons. The van der Waals surface area contributed by atoms with Gasteiger partial charge in [-0.15, -0.1) is 0 Å². The zero-order chi connectivity index (χ0) is 10.8. The lowest BCUT2D eigenvalue weighted by Gasteiger charge is -2.06. The van der Waals surface area contributed by atoms with E-state index in [4.69, 9.17) is 0 Å². The molecule has 0 fully saturated rings. The van der Waals surface area contributed by atoms with Crippen LogP contribution in [0.25, 0.3) is 6.08 Å². The molecule has 0 saturated heterocycles. The van der Waals surface area contributed by atoms with Crippen molar-refractivity contribution in [2.24, 2.45) is 4.99 Å². The van der Waals surface area contributed by atoms with Crippen LogP contribution in [0, 0.1) is 10.1 Å². The van der Waals surface area contributed by atoms with E-state index in [9.17, 15) is 14.9 Å². The Hall–Kier alpha value is -2.26. The van der Waals surface area contributed by atoms with E-state index in [0.717, 1.165) is 0 Å². The SMILES string of the molecule is O=C=C1C=c2ccccc2=NC1[N+](=O)[O-]. The van der Waals surface area contributed by atoms with Crippen molar-refractivity contribution < 1.29 is 9.72 Å². The average Bonchev–Trinajstić information content (AvgIpc) is 2.27. The Kier molecular flexibility index (Phi) is 2.15. The second-order valence-electron chi connectivity index (χ2n) is 3.05. The van der Waals surface area contributed by atoms with Crippen LogP contribution in [0.5, 0.6) is 0 Å². The van der Waals surface area contributed by atoms with Crippen molar-refractivity contribution in [3.63, 3.8) is 0 Å². The highest BCUT2D eigenvalue weighted by Crippen LogP contribution is 2.06. The number of benzene rings is 1. The number of fused-ring (bicyclic) bond motifs is 1. The highest BCUT2D eigenvalue weighted by molar-refractivity contribution is 5.70. The van der Waals surface area contributed by atoms with E-state index in [0.29, 0.717) is 10.6 Å². The minimum absolute atomic E-state index is 0.0429. The predicted octanol–water partition coefficient (Wildman–Crippen LogP) is -0.539. The van der Waals surface area contributed by atoms with E-state index in [-0.39, 0.29) is 5.57 Å². The van der Waals surface area contributed by atoms with Gasteiger partial charge in [0.2, 0.25) is 0 Å². The van der Waals surface area contributed by atoms with Gasteiger partial charge in [-0.1, -0.05) is 18.2 Å². The minimum Gasteiger partial charge on any atom is -0.262 e. The lowest BCUT2D eigenvalue weighted by molar-refractivity contribution is -0.509. The lowest BCUT2D eigenvalue weighted by atomic mass is 10.1. The van der Waals surface area contributed by atoms with Crippen LogP contribution in [0.1, 0.15) is 0 Å². The fourth-order valence-electron chi connectivity index (χ4n) is 1.41. The summed E-state index contributed by atoms with van der Waals surface area (Å²) in [6.45, 7) is 0. The van der Waals surface area contributed by atoms with Gasteiger partial charge in [-0.05, 0) is 12.1 Å². The molecule has 0 aliphatic carbocycles. The average molecular weight is 202 g/mol. The fourth-order valence-corrected chi connectivity index (χ4v) is 1.41. The van der Waals surface area contributed by atoms with Gasteiger partial charge in [0.15, 0.2) is 0 Å². The molecule has 1 aromatic rings.